The van der Waals surface area contributed by atoms with E-state index in [4.69, 9.17) is 0 Å². The van der Waals surface area contributed by atoms with Crippen molar-refractivity contribution < 1.29 is 9.13 Å². The summed E-state index contributed by atoms with van der Waals surface area (Å²) in [5.41, 5.74) is 0.849. The predicted molar refractivity (Wildman–Crippen MR) is 102 cm³/mol. The Labute approximate surface area is 154 Å². The van der Waals surface area contributed by atoms with Crippen molar-refractivity contribution in [2.45, 2.75) is 31.4 Å². The second-order valence-electron chi connectivity index (χ2n) is 6.46. The molecule has 1 saturated heterocycles. The van der Waals surface area contributed by atoms with Crippen molar-refractivity contribution in [3.63, 3.8) is 0 Å². The molecule has 1 unspecified atom stereocenters. The lowest BCUT2D eigenvalue weighted by Gasteiger charge is -2.41. The number of rotatable bonds is 4. The molecule has 1 aromatic heterocycles. The zero-order valence-corrected chi connectivity index (χ0v) is 15.6. The summed E-state index contributed by atoms with van der Waals surface area (Å²) in [4.78, 5) is 17.2. The lowest BCUT2D eigenvalue weighted by molar-refractivity contribution is -0.384. The number of aromatic nitrogens is 1. The number of anilines is 1. The molecule has 0 bridgehead atoms. The van der Waals surface area contributed by atoms with Gasteiger partial charge < -0.3 is 4.90 Å². The van der Waals surface area contributed by atoms with Gasteiger partial charge >= 0.3 is 0 Å². The minimum absolute atomic E-state index is 0.0621. The van der Waals surface area contributed by atoms with E-state index in [1.807, 2.05) is 0 Å². The highest BCUT2D eigenvalue weighted by molar-refractivity contribution is 7.86. The van der Waals surface area contributed by atoms with Gasteiger partial charge in [0.2, 0.25) is 0 Å². The van der Waals surface area contributed by atoms with E-state index in [2.05, 4.69) is 29.8 Å². The molecule has 0 amide bonds. The summed E-state index contributed by atoms with van der Waals surface area (Å²) < 4.78 is 12.3. The van der Waals surface area contributed by atoms with Crippen molar-refractivity contribution in [1.82, 2.24) is 4.98 Å². The molecule has 1 aliphatic heterocycles. The molecule has 0 spiro atoms. The van der Waals surface area contributed by atoms with Crippen LogP contribution in [0.3, 0.4) is 0 Å². The molecule has 136 valence electrons. The van der Waals surface area contributed by atoms with Crippen LogP contribution < -0.4 is 4.90 Å². The fraction of sp³-hybridized carbons (Fsp3) is 0.444. The number of pyridine rings is 1. The Kier molecular flexibility index (Phi) is 4.92. The van der Waals surface area contributed by atoms with Crippen molar-refractivity contribution >= 4 is 33.2 Å². The number of fused-ring (bicyclic) bond motifs is 1. The van der Waals surface area contributed by atoms with Gasteiger partial charge in [-0.2, -0.15) is 5.26 Å². The maximum Gasteiger partial charge on any atom is 0.270 e. The Morgan fingerprint density at radius 2 is 2.12 bits per heavy atom. The second kappa shape index (κ2) is 7.00. The van der Waals surface area contributed by atoms with E-state index < -0.39 is 15.7 Å². The molecule has 2 heterocycles. The van der Waals surface area contributed by atoms with Crippen LogP contribution in [0.25, 0.3) is 10.9 Å². The molecule has 0 saturated carbocycles. The third-order valence-electron chi connectivity index (χ3n) is 5.23. The van der Waals surface area contributed by atoms with Gasteiger partial charge in [0.05, 0.1) is 26.8 Å². The van der Waals surface area contributed by atoms with Crippen molar-refractivity contribution in [1.29, 1.82) is 5.26 Å². The number of hydrogen-bond acceptors (Lipinski definition) is 6. The zero-order valence-electron chi connectivity index (χ0n) is 14.8. The molecular weight excluding hydrogens is 352 g/mol. The van der Waals surface area contributed by atoms with Gasteiger partial charge in [0.1, 0.15) is 5.82 Å². The highest BCUT2D eigenvalue weighted by atomic mass is 32.2. The van der Waals surface area contributed by atoms with E-state index >= 15 is 0 Å². The Bertz CT molecular complexity index is 934. The van der Waals surface area contributed by atoms with Crippen LogP contribution in [-0.4, -0.2) is 37.7 Å². The van der Waals surface area contributed by atoms with E-state index in [1.165, 1.54) is 12.1 Å². The van der Waals surface area contributed by atoms with Crippen LogP contribution in [0.4, 0.5) is 11.5 Å². The van der Waals surface area contributed by atoms with Crippen LogP contribution in [0, 0.1) is 21.4 Å². The van der Waals surface area contributed by atoms with E-state index in [0.717, 1.165) is 12.8 Å². The van der Waals surface area contributed by atoms with Crippen LogP contribution >= 0.6 is 0 Å². The summed E-state index contributed by atoms with van der Waals surface area (Å²) in [6.07, 6.45) is 1.63. The SMILES string of the molecule is CCC1(CC)CN(c2cc(C#N)c3cc([N+](=O)[O-])ccc3n2)CCS1=O. The molecule has 1 aromatic carbocycles. The van der Waals surface area contributed by atoms with E-state index in [9.17, 15) is 19.6 Å². The van der Waals surface area contributed by atoms with E-state index in [-0.39, 0.29) is 10.4 Å². The Morgan fingerprint density at radius 1 is 1.38 bits per heavy atom. The fourth-order valence-corrected chi connectivity index (χ4v) is 5.23. The monoisotopic (exact) mass is 372 g/mol. The van der Waals surface area contributed by atoms with E-state index in [1.54, 1.807) is 12.1 Å². The van der Waals surface area contributed by atoms with Crippen LogP contribution in [0.2, 0.25) is 0 Å². The topological polar surface area (TPSA) is 100 Å². The first kappa shape index (κ1) is 18.3. The molecule has 8 heteroatoms. The maximum absolute atomic E-state index is 12.5. The van der Waals surface area contributed by atoms with Gasteiger partial charge in [0, 0.05) is 47.2 Å². The number of nitriles is 1. The quantitative estimate of drug-likeness (QED) is 0.604. The first-order valence-corrected chi connectivity index (χ1v) is 9.88. The molecule has 1 aliphatic rings. The molecule has 7 nitrogen and oxygen atoms in total. The van der Waals surface area contributed by atoms with E-state index in [0.29, 0.717) is 41.1 Å². The number of benzene rings is 1. The molecule has 1 atom stereocenters. The summed E-state index contributed by atoms with van der Waals surface area (Å²) in [7, 11) is -0.883. The summed E-state index contributed by atoms with van der Waals surface area (Å²) in [6, 6.07) is 8.16. The van der Waals surface area contributed by atoms with Crippen molar-refractivity contribution in [2.75, 3.05) is 23.7 Å². The van der Waals surface area contributed by atoms with Crippen molar-refractivity contribution in [2.24, 2.45) is 0 Å². The van der Waals surface area contributed by atoms with Gasteiger partial charge in [-0.1, -0.05) is 13.8 Å². The zero-order chi connectivity index (χ0) is 18.9. The number of nitro benzene ring substituents is 1. The van der Waals surface area contributed by atoms with Gasteiger partial charge in [-0.15, -0.1) is 0 Å². The molecule has 1 fully saturated rings. The van der Waals surface area contributed by atoms with Crippen molar-refractivity contribution in [3.8, 4) is 6.07 Å². The lowest BCUT2D eigenvalue weighted by atomic mass is 10.0. The first-order valence-electron chi connectivity index (χ1n) is 8.57. The number of nitro groups is 1. The normalized spacial score (nSPS) is 19.3. The van der Waals surface area contributed by atoms with Gasteiger partial charge in [-0.3, -0.25) is 14.3 Å². The molecule has 0 N–H and O–H groups in total. The Hall–Kier alpha value is -2.53. The summed E-state index contributed by atoms with van der Waals surface area (Å²) in [5.74, 6) is 1.23. The van der Waals surface area contributed by atoms with Gasteiger partial charge in [-0.25, -0.2) is 4.98 Å². The highest BCUT2D eigenvalue weighted by Crippen LogP contribution is 2.32. The molecular formula is C18H20N4O3S. The average molecular weight is 372 g/mol. The minimum atomic E-state index is -0.883. The number of nitrogens with zero attached hydrogens (tertiary/aromatic N) is 4. The van der Waals surface area contributed by atoms with Crippen molar-refractivity contribution in [3.05, 3.63) is 39.9 Å². The average Bonchev–Trinajstić information content (AvgIpc) is 2.67. The van der Waals surface area contributed by atoms with Crippen LogP contribution in [-0.2, 0) is 10.8 Å². The standard InChI is InChI=1S/C18H20N4O3S/c1-3-18(4-2)12-21(7-8-26(18)25)17-9-13(11-19)15-10-14(22(23)24)5-6-16(15)20-17/h5-6,9-10H,3-4,7-8,12H2,1-2H3. The third-order valence-corrected chi connectivity index (χ3v) is 7.46. The molecule has 0 aliphatic carbocycles. The highest BCUT2D eigenvalue weighted by Gasteiger charge is 2.39. The molecule has 2 aromatic rings. The largest absolute Gasteiger partial charge is 0.354 e. The predicted octanol–water partition coefficient (Wildman–Crippen LogP) is 3.14. The first-order chi connectivity index (χ1) is 12.4. The number of hydrogen-bond donors (Lipinski definition) is 0. The van der Waals surface area contributed by atoms with Crippen LogP contribution in [0.1, 0.15) is 32.3 Å². The van der Waals surface area contributed by atoms with Gasteiger partial charge in [0.15, 0.2) is 0 Å². The fourth-order valence-electron chi connectivity index (χ4n) is 3.47. The summed E-state index contributed by atoms with van der Waals surface area (Å²) >= 11 is 0. The molecule has 3 rings (SSSR count). The molecule has 0 radical (unpaired) electrons. The number of non-ortho nitro benzene ring substituents is 1. The summed E-state index contributed by atoms with van der Waals surface area (Å²) in [5, 5.41) is 21.0. The third kappa shape index (κ3) is 3.03. The van der Waals surface area contributed by atoms with Gasteiger partial charge in [-0.05, 0) is 25.0 Å². The lowest BCUT2D eigenvalue weighted by Crippen LogP contribution is -2.53. The summed E-state index contributed by atoms with van der Waals surface area (Å²) in [6.45, 7) is 5.35. The Morgan fingerprint density at radius 3 is 2.73 bits per heavy atom. The smallest absolute Gasteiger partial charge is 0.270 e. The minimum Gasteiger partial charge on any atom is -0.354 e. The van der Waals surface area contributed by atoms with Crippen LogP contribution in [0.5, 0.6) is 0 Å². The van der Waals surface area contributed by atoms with Gasteiger partial charge in [0.25, 0.3) is 5.69 Å². The maximum atomic E-state index is 12.5. The Balaban J connectivity index is 2.06. The second-order valence-corrected chi connectivity index (χ2v) is 8.43. The molecule has 26 heavy (non-hydrogen) atoms. The van der Waals surface area contributed by atoms with Crippen LogP contribution in [0.15, 0.2) is 24.3 Å².